The lowest BCUT2D eigenvalue weighted by atomic mass is 10.2. The molecular weight excluding hydrogens is 334 g/mol. The zero-order valence-corrected chi connectivity index (χ0v) is 14.7. The number of nitrogens with zero attached hydrogens (tertiary/aromatic N) is 3. The van der Waals surface area contributed by atoms with Crippen LogP contribution in [0.4, 0.5) is 5.69 Å². The van der Waals surface area contributed by atoms with E-state index in [4.69, 9.17) is 18.6 Å². The molecular formula is C16H20ClN3O4. The Bertz CT molecular complexity index is 656. The molecule has 0 radical (unpaired) electrons. The number of pyridine rings is 1. The van der Waals surface area contributed by atoms with Crippen molar-refractivity contribution < 1.29 is 33.6 Å². The van der Waals surface area contributed by atoms with Crippen molar-refractivity contribution in [2.45, 2.75) is 13.8 Å². The van der Waals surface area contributed by atoms with Crippen molar-refractivity contribution in [2.75, 3.05) is 19.0 Å². The maximum absolute atomic E-state index is 8.49. The van der Waals surface area contributed by atoms with Crippen molar-refractivity contribution in [1.29, 1.82) is 0 Å². The highest BCUT2D eigenvalue weighted by molar-refractivity contribution is 5.79. The Kier molecular flexibility index (Phi) is 7.27. The van der Waals surface area contributed by atoms with Crippen molar-refractivity contribution in [2.24, 2.45) is 5.10 Å². The fraction of sp³-hybridized carbons (Fsp3) is 0.250. The Labute approximate surface area is 143 Å². The van der Waals surface area contributed by atoms with Crippen LogP contribution in [-0.4, -0.2) is 20.3 Å². The molecule has 0 saturated heterocycles. The Hall–Kier alpha value is -2.03. The molecule has 0 fully saturated rings. The molecule has 2 aromatic rings. The van der Waals surface area contributed by atoms with Crippen LogP contribution >= 0.6 is 0 Å². The molecule has 0 unspecified atom stereocenters. The first-order chi connectivity index (χ1) is 11.1. The summed E-state index contributed by atoms with van der Waals surface area (Å²) >= 11 is 0. The van der Waals surface area contributed by atoms with Crippen LogP contribution in [0.15, 0.2) is 47.6 Å². The first-order valence-corrected chi connectivity index (χ1v) is 8.23. The first-order valence-electron chi connectivity index (χ1n) is 6.99. The second-order valence-corrected chi connectivity index (χ2v) is 5.98. The van der Waals surface area contributed by atoms with Crippen molar-refractivity contribution in [3.05, 3.63) is 59.4 Å². The number of anilines is 1. The molecule has 0 saturated carbocycles. The van der Waals surface area contributed by atoms with Gasteiger partial charge in [-0.3, -0.25) is 0 Å². The minimum Gasteiger partial charge on any atom is -0.378 e. The molecule has 0 aliphatic carbocycles. The summed E-state index contributed by atoms with van der Waals surface area (Å²) in [5.41, 5.74) is 4.54. The predicted molar refractivity (Wildman–Crippen MR) is 79.9 cm³/mol. The molecule has 24 heavy (non-hydrogen) atoms. The van der Waals surface area contributed by atoms with E-state index >= 15 is 0 Å². The van der Waals surface area contributed by atoms with Crippen LogP contribution in [0.25, 0.3) is 0 Å². The average Bonchev–Trinajstić information content (AvgIpc) is 2.45. The van der Waals surface area contributed by atoms with Gasteiger partial charge < -0.3 is 4.90 Å². The highest BCUT2D eigenvalue weighted by Crippen LogP contribution is 2.10. The monoisotopic (exact) mass is 353 g/mol. The van der Waals surface area contributed by atoms with Gasteiger partial charge in [-0.05, 0) is 28.9 Å². The average molecular weight is 354 g/mol. The molecule has 0 N–H and O–H groups in total. The zero-order chi connectivity index (χ0) is 18.3. The summed E-state index contributed by atoms with van der Waals surface area (Å²) < 4.78 is 35.9. The Morgan fingerprint density at radius 2 is 1.38 bits per heavy atom. The largest absolute Gasteiger partial charge is 0.378 e. The third-order valence-corrected chi connectivity index (χ3v) is 3.07. The Balaban J connectivity index is 0.000000505. The Morgan fingerprint density at radius 3 is 1.79 bits per heavy atom. The van der Waals surface area contributed by atoms with Gasteiger partial charge in [0, 0.05) is 45.8 Å². The van der Waals surface area contributed by atoms with E-state index in [-0.39, 0.29) is 0 Å². The van der Waals surface area contributed by atoms with Crippen LogP contribution in [0.1, 0.15) is 17.0 Å². The maximum atomic E-state index is 8.49. The van der Waals surface area contributed by atoms with E-state index in [2.05, 4.69) is 60.2 Å². The quantitative estimate of drug-likeness (QED) is 0.458. The fourth-order valence-electron chi connectivity index (χ4n) is 1.91. The second-order valence-electron chi connectivity index (χ2n) is 5.23. The number of aryl methyl sites for hydroxylation is 2. The van der Waals surface area contributed by atoms with E-state index in [0.29, 0.717) is 0 Å². The van der Waals surface area contributed by atoms with E-state index in [1.165, 1.54) is 5.69 Å². The van der Waals surface area contributed by atoms with Gasteiger partial charge in [0.05, 0.1) is 0 Å². The van der Waals surface area contributed by atoms with Gasteiger partial charge >= 0.3 is 0 Å². The van der Waals surface area contributed by atoms with E-state index in [1.807, 2.05) is 31.1 Å². The molecule has 0 bridgehead atoms. The molecule has 0 aliphatic heterocycles. The third-order valence-electron chi connectivity index (χ3n) is 3.07. The van der Waals surface area contributed by atoms with Crippen molar-refractivity contribution >= 4 is 11.9 Å². The van der Waals surface area contributed by atoms with Gasteiger partial charge in [-0.2, -0.15) is 0 Å². The lowest BCUT2D eigenvalue weighted by Gasteiger charge is -2.17. The van der Waals surface area contributed by atoms with Crippen LogP contribution in [0.2, 0.25) is 0 Å². The normalized spacial score (nSPS) is 11.2. The standard InChI is InChI=1S/C16H20N3.ClHO4/c1-13-6-5-7-14(2)19(13)17-12-15-8-10-16(11-9-15)18(3)4;2-1(3,4)5/h5-12H,1-4H3;(H,2,3,4,5)/q+1;/p-1/b17-12+;. The SMILES string of the molecule is Cc1cccc(C)[n+]1/N=C/c1ccc(N(C)C)cc1.[O-][Cl+3]([O-])([O-])[O-]. The number of hydrogen-bond acceptors (Lipinski definition) is 6. The van der Waals surface area contributed by atoms with Gasteiger partial charge in [-0.1, -0.05) is 16.8 Å². The van der Waals surface area contributed by atoms with Crippen molar-refractivity contribution in [3.63, 3.8) is 0 Å². The molecule has 1 aromatic heterocycles. The summed E-state index contributed by atoms with van der Waals surface area (Å²) in [5.74, 6) is 0. The summed E-state index contributed by atoms with van der Waals surface area (Å²) in [4.78, 5) is 2.08. The van der Waals surface area contributed by atoms with E-state index in [0.717, 1.165) is 17.0 Å². The van der Waals surface area contributed by atoms with Crippen LogP contribution in [0, 0.1) is 24.1 Å². The van der Waals surface area contributed by atoms with Gasteiger partial charge in [-0.25, -0.2) is 18.6 Å². The van der Waals surface area contributed by atoms with Gasteiger partial charge in [0.2, 0.25) is 11.4 Å². The van der Waals surface area contributed by atoms with Crippen LogP contribution in [0.5, 0.6) is 0 Å². The summed E-state index contributed by atoms with van der Waals surface area (Å²) in [5, 5.41) is 4.53. The summed E-state index contributed by atoms with van der Waals surface area (Å²) in [6.07, 6.45) is 1.89. The summed E-state index contributed by atoms with van der Waals surface area (Å²) in [6.45, 7) is 4.11. The molecule has 0 aliphatic rings. The molecule has 7 nitrogen and oxygen atoms in total. The number of hydrogen-bond donors (Lipinski definition) is 0. The highest BCUT2D eigenvalue weighted by atomic mass is 35.7. The minimum atomic E-state index is -4.94. The molecule has 8 heteroatoms. The lowest BCUT2D eigenvalue weighted by molar-refractivity contribution is -2.00. The minimum absolute atomic E-state index is 1.10. The highest BCUT2D eigenvalue weighted by Gasteiger charge is 2.07. The number of benzene rings is 1. The van der Waals surface area contributed by atoms with Gasteiger partial charge in [-0.15, -0.1) is 10.2 Å². The predicted octanol–water partition coefficient (Wildman–Crippen LogP) is -2.22. The van der Waals surface area contributed by atoms with Crippen molar-refractivity contribution in [3.8, 4) is 0 Å². The summed E-state index contributed by atoms with van der Waals surface area (Å²) in [7, 11) is -0.870. The molecule has 0 spiro atoms. The smallest absolute Gasteiger partial charge is 0.211 e. The van der Waals surface area contributed by atoms with Crippen LogP contribution in [-0.2, 0) is 0 Å². The second kappa shape index (κ2) is 8.72. The zero-order valence-electron chi connectivity index (χ0n) is 14.0. The molecule has 0 atom stereocenters. The van der Waals surface area contributed by atoms with E-state index in [1.54, 1.807) is 0 Å². The van der Waals surface area contributed by atoms with Crippen molar-refractivity contribution in [1.82, 2.24) is 0 Å². The molecule has 0 amide bonds. The topological polar surface area (TPSA) is 112 Å². The molecule has 1 aromatic carbocycles. The summed E-state index contributed by atoms with van der Waals surface area (Å²) in [6, 6.07) is 14.5. The lowest BCUT2D eigenvalue weighted by Crippen LogP contribution is -2.68. The molecule has 130 valence electrons. The van der Waals surface area contributed by atoms with Gasteiger partial charge in [0.1, 0.15) is 6.21 Å². The van der Waals surface area contributed by atoms with Crippen LogP contribution in [0.3, 0.4) is 0 Å². The number of rotatable bonds is 3. The number of aromatic nitrogens is 1. The molecule has 2 rings (SSSR count). The Morgan fingerprint density at radius 1 is 0.917 bits per heavy atom. The van der Waals surface area contributed by atoms with E-state index < -0.39 is 10.2 Å². The molecule has 1 heterocycles. The van der Waals surface area contributed by atoms with Crippen LogP contribution < -0.4 is 28.2 Å². The van der Waals surface area contributed by atoms with E-state index in [9.17, 15) is 0 Å². The van der Waals surface area contributed by atoms with Gasteiger partial charge in [0.15, 0.2) is 0 Å². The van der Waals surface area contributed by atoms with Gasteiger partial charge in [0.25, 0.3) is 0 Å². The fourth-order valence-corrected chi connectivity index (χ4v) is 1.91. The first kappa shape index (κ1) is 20.0. The third kappa shape index (κ3) is 7.49. The maximum Gasteiger partial charge on any atom is 0.211 e. The number of halogens is 1.